The smallest absolute Gasteiger partial charge is 0.445 e. The van der Waals surface area contributed by atoms with Crippen molar-refractivity contribution in [2.75, 3.05) is 0 Å². The van der Waals surface area contributed by atoms with Crippen molar-refractivity contribution in [2.24, 2.45) is 0 Å². The minimum atomic E-state index is -4.99. The Labute approximate surface area is 77.9 Å². The molecule has 0 saturated carbocycles. The lowest BCUT2D eigenvalue weighted by molar-refractivity contribution is 0.501. The molecule has 2 aromatic heterocycles. The highest BCUT2D eigenvalue weighted by Gasteiger charge is 2.26. The van der Waals surface area contributed by atoms with Gasteiger partial charge in [-0.15, -0.1) is 0 Å². The van der Waals surface area contributed by atoms with Gasteiger partial charge in [-0.05, 0) is 12.1 Å². The van der Waals surface area contributed by atoms with Gasteiger partial charge in [0.2, 0.25) is 0 Å². The molecule has 0 aliphatic carbocycles. The van der Waals surface area contributed by atoms with E-state index in [9.17, 15) is 12.9 Å². The number of halogens is 3. The Morgan fingerprint density at radius 2 is 1.86 bits per heavy atom. The van der Waals surface area contributed by atoms with Crippen molar-refractivity contribution in [3.05, 3.63) is 30.6 Å². The summed E-state index contributed by atoms with van der Waals surface area (Å²) >= 11 is 0. The van der Waals surface area contributed by atoms with E-state index in [1.54, 1.807) is 12.1 Å². The van der Waals surface area contributed by atoms with E-state index < -0.39 is 12.4 Å². The number of pyridine rings is 2. The Hall–Kier alpha value is -1.59. The van der Waals surface area contributed by atoms with Crippen molar-refractivity contribution >= 4 is 23.5 Å². The molecule has 0 aromatic carbocycles. The molecule has 0 spiro atoms. The SMILES string of the molecule is F[B-](F)(F)c1cnc2cccnc2c1. The molecule has 2 rings (SSSR count). The van der Waals surface area contributed by atoms with Gasteiger partial charge in [0.15, 0.2) is 0 Å². The first-order valence-corrected chi connectivity index (χ1v) is 3.98. The topological polar surface area (TPSA) is 25.8 Å². The number of hydrogen-bond donors (Lipinski definition) is 0. The van der Waals surface area contributed by atoms with Gasteiger partial charge in [0.25, 0.3) is 0 Å². The minimum absolute atomic E-state index is 0.268. The average Bonchev–Trinajstić information content (AvgIpc) is 2.16. The van der Waals surface area contributed by atoms with Gasteiger partial charge < -0.3 is 12.9 Å². The van der Waals surface area contributed by atoms with E-state index in [0.29, 0.717) is 5.52 Å². The van der Waals surface area contributed by atoms with Gasteiger partial charge in [0.1, 0.15) is 0 Å². The molecule has 6 heteroatoms. The summed E-state index contributed by atoms with van der Waals surface area (Å²) in [5, 5.41) is 0. The second-order valence-electron chi connectivity index (χ2n) is 2.89. The first-order valence-electron chi connectivity index (χ1n) is 3.98. The second-order valence-corrected chi connectivity index (χ2v) is 2.89. The summed E-state index contributed by atoms with van der Waals surface area (Å²) in [6.45, 7) is -4.99. The molecule has 0 fully saturated rings. The van der Waals surface area contributed by atoms with Crippen molar-refractivity contribution in [1.29, 1.82) is 0 Å². The first kappa shape index (κ1) is 8.99. The summed E-state index contributed by atoms with van der Waals surface area (Å²) < 4.78 is 36.9. The molecule has 2 nitrogen and oxygen atoms in total. The summed E-state index contributed by atoms with van der Waals surface area (Å²) in [5.74, 6) is 0. The second kappa shape index (κ2) is 2.97. The van der Waals surface area contributed by atoms with Crippen molar-refractivity contribution in [3.8, 4) is 0 Å². The van der Waals surface area contributed by atoms with Crippen LogP contribution in [0.25, 0.3) is 11.0 Å². The van der Waals surface area contributed by atoms with Gasteiger partial charge in [0, 0.05) is 12.4 Å². The molecular formula is C8H5BF3N2-. The van der Waals surface area contributed by atoms with Crippen molar-refractivity contribution in [1.82, 2.24) is 9.97 Å². The van der Waals surface area contributed by atoms with Crippen molar-refractivity contribution < 1.29 is 12.9 Å². The van der Waals surface area contributed by atoms with E-state index in [1.807, 2.05) is 0 Å². The summed E-state index contributed by atoms with van der Waals surface area (Å²) in [4.78, 5) is 7.48. The fourth-order valence-corrected chi connectivity index (χ4v) is 1.15. The Bertz CT molecular complexity index is 469. The normalized spacial score (nSPS) is 11.9. The molecule has 14 heavy (non-hydrogen) atoms. The molecule has 0 unspecified atom stereocenters. The van der Waals surface area contributed by atoms with Crippen LogP contribution in [0.3, 0.4) is 0 Å². The van der Waals surface area contributed by atoms with Crippen LogP contribution in [-0.4, -0.2) is 16.9 Å². The summed E-state index contributed by atoms with van der Waals surface area (Å²) in [6, 6.07) is 4.27. The highest BCUT2D eigenvalue weighted by atomic mass is 19.4. The predicted octanol–water partition coefficient (Wildman–Crippen LogP) is 1.68. The Morgan fingerprint density at radius 3 is 2.57 bits per heavy atom. The molecular weight excluding hydrogens is 192 g/mol. The Morgan fingerprint density at radius 1 is 1.07 bits per heavy atom. The summed E-state index contributed by atoms with van der Waals surface area (Å²) in [5.41, 5.74) is 0.0247. The average molecular weight is 197 g/mol. The minimum Gasteiger partial charge on any atom is -0.445 e. The van der Waals surface area contributed by atoms with E-state index in [1.165, 1.54) is 6.20 Å². The number of rotatable bonds is 1. The zero-order valence-corrected chi connectivity index (χ0v) is 6.99. The van der Waals surface area contributed by atoms with Crippen LogP contribution in [0.15, 0.2) is 30.6 Å². The molecule has 0 aliphatic rings. The van der Waals surface area contributed by atoms with Gasteiger partial charge in [0.05, 0.1) is 11.0 Å². The zero-order valence-electron chi connectivity index (χ0n) is 6.99. The summed E-state index contributed by atoms with van der Waals surface area (Å²) in [6.07, 6.45) is 2.28. The molecule has 0 N–H and O–H groups in total. The molecule has 0 saturated heterocycles. The van der Waals surface area contributed by atoms with Crippen LogP contribution in [0.4, 0.5) is 12.9 Å². The third kappa shape index (κ3) is 1.55. The van der Waals surface area contributed by atoms with Crippen LogP contribution >= 0.6 is 0 Å². The molecule has 0 bridgehead atoms. The van der Waals surface area contributed by atoms with E-state index in [4.69, 9.17) is 0 Å². The monoisotopic (exact) mass is 197 g/mol. The maximum Gasteiger partial charge on any atom is 0.511 e. The third-order valence-corrected chi connectivity index (χ3v) is 1.85. The highest BCUT2D eigenvalue weighted by molar-refractivity contribution is 6.73. The first-order chi connectivity index (χ1) is 6.57. The molecule has 0 aliphatic heterocycles. The predicted molar refractivity (Wildman–Crippen MR) is 48.3 cm³/mol. The molecule has 0 amide bonds. The van der Waals surface area contributed by atoms with Crippen LogP contribution in [0, 0.1) is 0 Å². The molecule has 72 valence electrons. The number of fused-ring (bicyclic) bond motifs is 1. The molecule has 0 radical (unpaired) electrons. The quantitative estimate of drug-likeness (QED) is 0.650. The maximum absolute atomic E-state index is 12.3. The largest absolute Gasteiger partial charge is 0.511 e. The van der Waals surface area contributed by atoms with Gasteiger partial charge >= 0.3 is 6.98 Å². The van der Waals surface area contributed by atoms with E-state index >= 15 is 0 Å². The lowest BCUT2D eigenvalue weighted by atomic mass is 9.81. The van der Waals surface area contributed by atoms with E-state index in [0.717, 1.165) is 12.3 Å². The summed E-state index contributed by atoms with van der Waals surface area (Å²) in [7, 11) is 0. The maximum atomic E-state index is 12.3. The van der Waals surface area contributed by atoms with Gasteiger partial charge in [-0.2, -0.15) is 0 Å². The van der Waals surface area contributed by atoms with E-state index in [2.05, 4.69) is 9.97 Å². The van der Waals surface area contributed by atoms with E-state index in [-0.39, 0.29) is 5.52 Å². The van der Waals surface area contributed by atoms with Crippen LogP contribution in [0.5, 0.6) is 0 Å². The zero-order chi connectivity index (χ0) is 10.2. The third-order valence-electron chi connectivity index (χ3n) is 1.85. The van der Waals surface area contributed by atoms with Gasteiger partial charge in [-0.3, -0.25) is 9.97 Å². The Balaban J connectivity index is 2.63. The van der Waals surface area contributed by atoms with Gasteiger partial charge in [-0.25, -0.2) is 0 Å². The fourth-order valence-electron chi connectivity index (χ4n) is 1.15. The molecule has 0 atom stereocenters. The number of aromatic nitrogens is 2. The number of hydrogen-bond acceptors (Lipinski definition) is 2. The standard InChI is InChI=1S/C8H5BF3N2/c10-9(11,12)6-4-8-7(14-5-6)2-1-3-13-8/h1-5H/q-1. The van der Waals surface area contributed by atoms with Crippen LogP contribution < -0.4 is 5.46 Å². The lowest BCUT2D eigenvalue weighted by Crippen LogP contribution is -2.34. The van der Waals surface area contributed by atoms with Gasteiger partial charge in [-0.1, -0.05) is 11.5 Å². The Kier molecular flexibility index (Phi) is 1.91. The fraction of sp³-hybridized carbons (Fsp3) is 0. The lowest BCUT2D eigenvalue weighted by Gasteiger charge is -2.13. The van der Waals surface area contributed by atoms with Crippen LogP contribution in [0.2, 0.25) is 0 Å². The highest BCUT2D eigenvalue weighted by Crippen LogP contribution is 2.11. The van der Waals surface area contributed by atoms with Crippen LogP contribution in [0.1, 0.15) is 0 Å². The molecule has 2 heterocycles. The van der Waals surface area contributed by atoms with Crippen molar-refractivity contribution in [2.45, 2.75) is 0 Å². The van der Waals surface area contributed by atoms with Crippen LogP contribution in [-0.2, 0) is 0 Å². The number of nitrogens with zero attached hydrogens (tertiary/aromatic N) is 2. The molecule has 2 aromatic rings. The van der Waals surface area contributed by atoms with Crippen molar-refractivity contribution in [3.63, 3.8) is 0 Å².